The van der Waals surface area contributed by atoms with E-state index in [0.717, 1.165) is 19.5 Å². The molecule has 0 aliphatic heterocycles. The van der Waals surface area contributed by atoms with E-state index in [2.05, 4.69) is 57.3 Å². The number of hydrogen-bond acceptors (Lipinski definition) is 2. The second-order valence-electron chi connectivity index (χ2n) is 6.82. The van der Waals surface area contributed by atoms with E-state index in [9.17, 15) is 4.79 Å². The Morgan fingerprint density at radius 1 is 1.20 bits per heavy atom. The molecule has 0 atom stereocenters. The maximum Gasteiger partial charge on any atom is 0.234 e. The number of carbonyl (C=O) groups is 1. The molecule has 1 aromatic carbocycles. The van der Waals surface area contributed by atoms with Crippen LogP contribution in [0, 0.1) is 12.3 Å². The van der Waals surface area contributed by atoms with Crippen molar-refractivity contribution in [2.75, 3.05) is 20.1 Å². The normalized spacial score (nSPS) is 11.7. The van der Waals surface area contributed by atoms with Gasteiger partial charge >= 0.3 is 0 Å². The molecule has 0 radical (unpaired) electrons. The average molecular weight is 276 g/mol. The average Bonchev–Trinajstić information content (AvgIpc) is 2.30. The van der Waals surface area contributed by atoms with Crippen LogP contribution in [-0.2, 0) is 11.3 Å². The Morgan fingerprint density at radius 3 is 2.35 bits per heavy atom. The van der Waals surface area contributed by atoms with Crippen molar-refractivity contribution in [3.8, 4) is 0 Å². The second-order valence-corrected chi connectivity index (χ2v) is 6.82. The minimum absolute atomic E-state index is 0.101. The van der Waals surface area contributed by atoms with Crippen molar-refractivity contribution in [3.63, 3.8) is 0 Å². The van der Waals surface area contributed by atoms with Crippen molar-refractivity contribution in [2.45, 2.75) is 40.7 Å². The molecule has 0 heterocycles. The summed E-state index contributed by atoms with van der Waals surface area (Å²) >= 11 is 0. The van der Waals surface area contributed by atoms with Gasteiger partial charge in [0.2, 0.25) is 5.91 Å². The van der Waals surface area contributed by atoms with Crippen LogP contribution in [-0.4, -0.2) is 30.9 Å². The van der Waals surface area contributed by atoms with E-state index in [1.54, 1.807) is 0 Å². The molecule has 0 bridgehead atoms. The molecular weight excluding hydrogens is 248 g/mol. The summed E-state index contributed by atoms with van der Waals surface area (Å²) in [6.07, 6.45) is 1.00. The number of carbonyl (C=O) groups excluding carboxylic acids is 1. The van der Waals surface area contributed by atoms with E-state index >= 15 is 0 Å². The Bertz CT molecular complexity index is 418. The summed E-state index contributed by atoms with van der Waals surface area (Å²) < 4.78 is 0. The van der Waals surface area contributed by atoms with Crippen molar-refractivity contribution in [1.82, 2.24) is 10.2 Å². The molecular formula is C17H28N2O. The van der Waals surface area contributed by atoms with E-state index in [-0.39, 0.29) is 11.3 Å². The fraction of sp³-hybridized carbons (Fsp3) is 0.588. The van der Waals surface area contributed by atoms with Gasteiger partial charge in [0.05, 0.1) is 6.54 Å². The molecule has 1 rings (SSSR count). The lowest BCUT2D eigenvalue weighted by molar-refractivity contribution is -0.122. The van der Waals surface area contributed by atoms with Crippen LogP contribution in [0.3, 0.4) is 0 Å². The number of nitrogens with zero attached hydrogens (tertiary/aromatic N) is 1. The fourth-order valence-corrected chi connectivity index (χ4v) is 1.94. The lowest BCUT2D eigenvalue weighted by Gasteiger charge is -2.20. The van der Waals surface area contributed by atoms with Gasteiger partial charge in [0.15, 0.2) is 0 Å². The number of benzene rings is 1. The largest absolute Gasteiger partial charge is 0.355 e. The SMILES string of the molecule is Cc1ccc(CN(C)CC(=O)NCCC(C)(C)C)cc1. The van der Waals surface area contributed by atoms with Crippen LogP contribution in [0.1, 0.15) is 38.3 Å². The van der Waals surface area contributed by atoms with Crippen LogP contribution in [0.2, 0.25) is 0 Å². The summed E-state index contributed by atoms with van der Waals surface area (Å²) in [5, 5.41) is 2.98. The van der Waals surface area contributed by atoms with Crippen molar-refractivity contribution < 1.29 is 4.79 Å². The number of nitrogens with one attached hydrogen (secondary N) is 1. The molecule has 0 spiro atoms. The first kappa shape index (κ1) is 16.7. The molecule has 0 saturated carbocycles. The number of aryl methyl sites for hydroxylation is 1. The molecule has 1 amide bonds. The highest BCUT2D eigenvalue weighted by Gasteiger charge is 2.11. The van der Waals surface area contributed by atoms with E-state index in [4.69, 9.17) is 0 Å². The maximum atomic E-state index is 11.8. The predicted molar refractivity (Wildman–Crippen MR) is 84.6 cm³/mol. The first-order valence-electron chi connectivity index (χ1n) is 7.27. The van der Waals surface area contributed by atoms with Gasteiger partial charge in [-0.15, -0.1) is 0 Å². The van der Waals surface area contributed by atoms with Gasteiger partial charge in [-0.05, 0) is 31.4 Å². The van der Waals surface area contributed by atoms with Crippen LogP contribution in [0.4, 0.5) is 0 Å². The van der Waals surface area contributed by atoms with Crippen LogP contribution >= 0.6 is 0 Å². The molecule has 3 nitrogen and oxygen atoms in total. The zero-order chi connectivity index (χ0) is 15.2. The molecule has 112 valence electrons. The molecule has 0 aliphatic carbocycles. The first-order chi connectivity index (χ1) is 9.26. The van der Waals surface area contributed by atoms with Crippen LogP contribution < -0.4 is 5.32 Å². The number of hydrogen-bond donors (Lipinski definition) is 1. The highest BCUT2D eigenvalue weighted by atomic mass is 16.2. The van der Waals surface area contributed by atoms with Gasteiger partial charge in [-0.1, -0.05) is 50.6 Å². The predicted octanol–water partition coefficient (Wildman–Crippen LogP) is 2.98. The van der Waals surface area contributed by atoms with Gasteiger partial charge in [0.1, 0.15) is 0 Å². The van der Waals surface area contributed by atoms with E-state index in [1.165, 1.54) is 11.1 Å². The third-order valence-corrected chi connectivity index (χ3v) is 3.18. The van der Waals surface area contributed by atoms with Gasteiger partial charge in [-0.2, -0.15) is 0 Å². The lowest BCUT2D eigenvalue weighted by atomic mass is 9.92. The van der Waals surface area contributed by atoms with Gasteiger partial charge in [0.25, 0.3) is 0 Å². The van der Waals surface area contributed by atoms with Crippen LogP contribution in [0.5, 0.6) is 0 Å². The zero-order valence-electron chi connectivity index (χ0n) is 13.5. The molecule has 0 saturated heterocycles. The Labute approximate surface area is 123 Å². The summed E-state index contributed by atoms with van der Waals surface area (Å²) in [5.41, 5.74) is 2.76. The topological polar surface area (TPSA) is 32.3 Å². The van der Waals surface area contributed by atoms with Crippen molar-refractivity contribution in [2.24, 2.45) is 5.41 Å². The van der Waals surface area contributed by atoms with Gasteiger partial charge in [-0.25, -0.2) is 0 Å². The third kappa shape index (κ3) is 7.29. The number of rotatable bonds is 6. The Hall–Kier alpha value is -1.35. The molecule has 0 fully saturated rings. The quantitative estimate of drug-likeness (QED) is 0.866. The molecule has 0 aromatic heterocycles. The second kappa shape index (κ2) is 7.44. The summed E-state index contributed by atoms with van der Waals surface area (Å²) in [6.45, 7) is 10.6. The summed E-state index contributed by atoms with van der Waals surface area (Å²) in [7, 11) is 1.98. The van der Waals surface area contributed by atoms with Gasteiger partial charge in [0, 0.05) is 13.1 Å². The molecule has 0 unspecified atom stereocenters. The fourth-order valence-electron chi connectivity index (χ4n) is 1.94. The van der Waals surface area contributed by atoms with E-state index in [0.29, 0.717) is 6.54 Å². The number of likely N-dealkylation sites (N-methyl/N-ethyl adjacent to an activating group) is 1. The Kier molecular flexibility index (Phi) is 6.21. The molecule has 1 aromatic rings. The van der Waals surface area contributed by atoms with Crippen LogP contribution in [0.25, 0.3) is 0 Å². The standard InChI is InChI=1S/C17H28N2O/c1-14-6-8-15(9-7-14)12-19(5)13-16(20)18-11-10-17(2,3)4/h6-9H,10-13H2,1-5H3,(H,18,20). The maximum absolute atomic E-state index is 11.8. The molecule has 1 N–H and O–H groups in total. The lowest BCUT2D eigenvalue weighted by Crippen LogP contribution is -2.36. The molecule has 3 heteroatoms. The van der Waals surface area contributed by atoms with E-state index < -0.39 is 0 Å². The Morgan fingerprint density at radius 2 is 1.80 bits per heavy atom. The highest BCUT2D eigenvalue weighted by Crippen LogP contribution is 2.16. The minimum Gasteiger partial charge on any atom is -0.355 e. The summed E-state index contributed by atoms with van der Waals surface area (Å²) in [5.74, 6) is 0.101. The van der Waals surface area contributed by atoms with Crippen LogP contribution in [0.15, 0.2) is 24.3 Å². The smallest absolute Gasteiger partial charge is 0.234 e. The monoisotopic (exact) mass is 276 g/mol. The molecule has 20 heavy (non-hydrogen) atoms. The first-order valence-corrected chi connectivity index (χ1v) is 7.27. The minimum atomic E-state index is 0.101. The summed E-state index contributed by atoms with van der Waals surface area (Å²) in [6, 6.07) is 8.44. The summed E-state index contributed by atoms with van der Waals surface area (Å²) in [4.78, 5) is 13.9. The highest BCUT2D eigenvalue weighted by molar-refractivity contribution is 5.77. The van der Waals surface area contributed by atoms with Gasteiger partial charge in [-0.3, -0.25) is 9.69 Å². The Balaban J connectivity index is 2.29. The number of amides is 1. The molecule has 0 aliphatic rings. The third-order valence-electron chi connectivity index (χ3n) is 3.18. The van der Waals surface area contributed by atoms with Gasteiger partial charge < -0.3 is 5.32 Å². The van der Waals surface area contributed by atoms with Crippen molar-refractivity contribution in [3.05, 3.63) is 35.4 Å². The van der Waals surface area contributed by atoms with Crippen molar-refractivity contribution >= 4 is 5.91 Å². The van der Waals surface area contributed by atoms with Crippen molar-refractivity contribution in [1.29, 1.82) is 0 Å². The zero-order valence-corrected chi connectivity index (χ0v) is 13.5. The van der Waals surface area contributed by atoms with E-state index in [1.807, 2.05) is 11.9 Å².